The van der Waals surface area contributed by atoms with Crippen LogP contribution in [0.3, 0.4) is 0 Å². The van der Waals surface area contributed by atoms with Gasteiger partial charge in [-0.25, -0.2) is 0 Å². The van der Waals surface area contributed by atoms with Crippen LogP contribution < -0.4 is 5.32 Å². The molecule has 2 heterocycles. The minimum absolute atomic E-state index is 0.127. The molecular formula is C12H16ClN3OS. The number of furan rings is 1. The van der Waals surface area contributed by atoms with E-state index < -0.39 is 0 Å². The lowest BCUT2D eigenvalue weighted by Crippen LogP contribution is -2.37. The highest BCUT2D eigenvalue weighted by atomic mass is 35.5. The van der Waals surface area contributed by atoms with Gasteiger partial charge in [0.25, 0.3) is 0 Å². The molecule has 0 saturated heterocycles. The number of nitrogens with one attached hydrogen (secondary N) is 1. The Morgan fingerprint density at radius 2 is 2.11 bits per heavy atom. The fourth-order valence-electron chi connectivity index (χ4n) is 1.43. The van der Waals surface area contributed by atoms with Crippen LogP contribution in [0.15, 0.2) is 16.5 Å². The molecule has 2 aromatic rings. The number of aromatic nitrogens is 2. The van der Waals surface area contributed by atoms with E-state index in [0.717, 1.165) is 23.0 Å². The van der Waals surface area contributed by atoms with Gasteiger partial charge >= 0.3 is 0 Å². The second kappa shape index (κ2) is 5.38. The Bertz CT molecular complexity index is 515. The molecule has 0 aliphatic carbocycles. The molecule has 98 valence electrons. The molecule has 2 rings (SSSR count). The van der Waals surface area contributed by atoms with E-state index in [1.165, 1.54) is 11.3 Å². The Morgan fingerprint density at radius 1 is 1.33 bits per heavy atom. The van der Waals surface area contributed by atoms with Gasteiger partial charge in [-0.1, -0.05) is 11.3 Å². The molecule has 0 unspecified atom stereocenters. The maximum Gasteiger partial charge on any atom is 0.194 e. The van der Waals surface area contributed by atoms with E-state index in [0.29, 0.717) is 11.0 Å². The number of rotatable bonds is 4. The van der Waals surface area contributed by atoms with Crippen molar-refractivity contribution in [2.24, 2.45) is 0 Å². The largest absolute Gasteiger partial charge is 0.442 e. The van der Waals surface area contributed by atoms with Crippen LogP contribution in [-0.2, 0) is 6.42 Å². The highest BCUT2D eigenvalue weighted by Gasteiger charge is 2.12. The summed E-state index contributed by atoms with van der Waals surface area (Å²) >= 11 is 7.27. The third-order valence-corrected chi connectivity index (χ3v) is 3.45. The molecule has 0 atom stereocenters. The van der Waals surface area contributed by atoms with Gasteiger partial charge in [-0.15, -0.1) is 10.2 Å². The standard InChI is InChI=1S/C12H16ClN3OS/c1-12(2,3)14-7-6-10-15-16-11(18-10)8-4-5-9(13)17-8/h4-5,14H,6-7H2,1-3H3. The number of hydrogen-bond acceptors (Lipinski definition) is 5. The summed E-state index contributed by atoms with van der Waals surface area (Å²) in [5.41, 5.74) is 0.127. The molecule has 0 fully saturated rings. The maximum absolute atomic E-state index is 5.73. The molecule has 0 bridgehead atoms. The maximum atomic E-state index is 5.73. The minimum Gasteiger partial charge on any atom is -0.442 e. The van der Waals surface area contributed by atoms with Crippen LogP contribution in [0, 0.1) is 0 Å². The molecule has 4 nitrogen and oxygen atoms in total. The Hall–Kier alpha value is -0.910. The Kier molecular flexibility index (Phi) is 4.04. The minimum atomic E-state index is 0.127. The Morgan fingerprint density at radius 3 is 2.72 bits per heavy atom. The van der Waals surface area contributed by atoms with Crippen molar-refractivity contribution in [1.29, 1.82) is 0 Å². The average molecular weight is 286 g/mol. The lowest BCUT2D eigenvalue weighted by molar-refractivity contribution is 0.429. The van der Waals surface area contributed by atoms with Crippen LogP contribution in [0.1, 0.15) is 25.8 Å². The lowest BCUT2D eigenvalue weighted by Gasteiger charge is -2.19. The molecule has 0 aliphatic rings. The van der Waals surface area contributed by atoms with Gasteiger partial charge in [0.05, 0.1) is 0 Å². The quantitative estimate of drug-likeness (QED) is 0.936. The molecule has 18 heavy (non-hydrogen) atoms. The molecule has 0 aromatic carbocycles. The summed E-state index contributed by atoms with van der Waals surface area (Å²) in [4.78, 5) is 0. The second-order valence-electron chi connectivity index (χ2n) is 5.03. The third-order valence-electron chi connectivity index (χ3n) is 2.25. The third kappa shape index (κ3) is 3.80. The van der Waals surface area contributed by atoms with Gasteiger partial charge in [-0.2, -0.15) is 0 Å². The smallest absolute Gasteiger partial charge is 0.194 e. The SMILES string of the molecule is CC(C)(C)NCCc1nnc(-c2ccc(Cl)o2)s1. The molecule has 0 amide bonds. The van der Waals surface area contributed by atoms with E-state index in [2.05, 4.69) is 36.3 Å². The number of nitrogens with zero attached hydrogens (tertiary/aromatic N) is 2. The van der Waals surface area contributed by atoms with Crippen molar-refractivity contribution < 1.29 is 4.42 Å². The van der Waals surface area contributed by atoms with Gasteiger partial charge in [-0.3, -0.25) is 0 Å². The van der Waals surface area contributed by atoms with Crippen LogP contribution in [0.25, 0.3) is 10.8 Å². The van der Waals surface area contributed by atoms with Crippen molar-refractivity contribution in [1.82, 2.24) is 15.5 Å². The normalized spacial score (nSPS) is 12.0. The van der Waals surface area contributed by atoms with Crippen molar-refractivity contribution in [2.75, 3.05) is 6.54 Å². The first-order valence-electron chi connectivity index (χ1n) is 5.77. The number of hydrogen-bond donors (Lipinski definition) is 1. The first-order chi connectivity index (χ1) is 8.44. The zero-order valence-corrected chi connectivity index (χ0v) is 12.2. The predicted molar refractivity (Wildman–Crippen MR) is 74.1 cm³/mol. The predicted octanol–water partition coefficient (Wildman–Crippen LogP) is 3.38. The highest BCUT2D eigenvalue weighted by Crippen LogP contribution is 2.27. The average Bonchev–Trinajstić information content (AvgIpc) is 2.85. The summed E-state index contributed by atoms with van der Waals surface area (Å²) < 4.78 is 5.30. The molecule has 0 spiro atoms. The molecule has 0 aliphatic heterocycles. The van der Waals surface area contributed by atoms with E-state index >= 15 is 0 Å². The monoisotopic (exact) mass is 285 g/mol. The van der Waals surface area contributed by atoms with Crippen molar-refractivity contribution in [3.8, 4) is 10.8 Å². The molecular weight excluding hydrogens is 270 g/mol. The first kappa shape index (κ1) is 13.5. The van der Waals surface area contributed by atoms with Crippen molar-refractivity contribution in [2.45, 2.75) is 32.7 Å². The number of halogens is 1. The van der Waals surface area contributed by atoms with Crippen LogP contribution in [0.2, 0.25) is 5.22 Å². The van der Waals surface area contributed by atoms with Crippen molar-refractivity contribution in [3.05, 3.63) is 22.4 Å². The van der Waals surface area contributed by atoms with Crippen LogP contribution >= 0.6 is 22.9 Å². The zero-order valence-electron chi connectivity index (χ0n) is 10.7. The fraction of sp³-hybridized carbons (Fsp3) is 0.500. The van der Waals surface area contributed by atoms with Crippen molar-refractivity contribution >= 4 is 22.9 Å². The summed E-state index contributed by atoms with van der Waals surface area (Å²) in [5, 5.41) is 13.8. The first-order valence-corrected chi connectivity index (χ1v) is 6.96. The van der Waals surface area contributed by atoms with E-state index in [9.17, 15) is 0 Å². The van der Waals surface area contributed by atoms with Crippen LogP contribution in [0.4, 0.5) is 0 Å². The van der Waals surface area contributed by atoms with Crippen molar-refractivity contribution in [3.63, 3.8) is 0 Å². The highest BCUT2D eigenvalue weighted by molar-refractivity contribution is 7.14. The summed E-state index contributed by atoms with van der Waals surface area (Å²) in [6.45, 7) is 7.31. The fourth-order valence-corrected chi connectivity index (χ4v) is 2.37. The van der Waals surface area contributed by atoms with Gasteiger partial charge in [-0.05, 0) is 44.5 Å². The van der Waals surface area contributed by atoms with E-state index in [-0.39, 0.29) is 5.54 Å². The van der Waals surface area contributed by atoms with Gasteiger partial charge in [0.1, 0.15) is 5.01 Å². The Labute approximate surface area is 115 Å². The lowest BCUT2D eigenvalue weighted by atomic mass is 10.1. The van der Waals surface area contributed by atoms with E-state index in [1.54, 1.807) is 12.1 Å². The summed E-state index contributed by atoms with van der Waals surface area (Å²) in [7, 11) is 0. The summed E-state index contributed by atoms with van der Waals surface area (Å²) in [5.74, 6) is 0.674. The van der Waals surface area contributed by atoms with Crippen LogP contribution in [-0.4, -0.2) is 22.3 Å². The molecule has 0 radical (unpaired) electrons. The summed E-state index contributed by atoms with van der Waals surface area (Å²) in [6.07, 6.45) is 0.864. The topological polar surface area (TPSA) is 51.0 Å². The van der Waals surface area contributed by atoms with Crippen LogP contribution in [0.5, 0.6) is 0 Å². The summed E-state index contributed by atoms with van der Waals surface area (Å²) in [6, 6.07) is 3.51. The molecule has 2 aromatic heterocycles. The zero-order chi connectivity index (χ0) is 13.2. The second-order valence-corrected chi connectivity index (χ2v) is 6.47. The van der Waals surface area contributed by atoms with Gasteiger partial charge in [0, 0.05) is 18.5 Å². The molecule has 0 saturated carbocycles. The van der Waals surface area contributed by atoms with Gasteiger partial charge in [0.2, 0.25) is 0 Å². The van der Waals surface area contributed by atoms with E-state index in [1.807, 2.05) is 0 Å². The van der Waals surface area contributed by atoms with Gasteiger partial charge < -0.3 is 9.73 Å². The van der Waals surface area contributed by atoms with E-state index in [4.69, 9.17) is 16.0 Å². The van der Waals surface area contributed by atoms with Gasteiger partial charge in [0.15, 0.2) is 16.0 Å². The molecule has 1 N–H and O–H groups in total. The Balaban J connectivity index is 1.94. The molecule has 6 heteroatoms.